The van der Waals surface area contributed by atoms with E-state index in [9.17, 15) is 23.1 Å². The third kappa shape index (κ3) is 10.7. The normalized spacial score (nSPS) is 22.2. The molecule has 272 valence electrons. The molecule has 4 atom stereocenters. The number of hydrogen-bond acceptors (Lipinski definition) is 8. The number of nitrogens with zero attached hydrogens (tertiary/aromatic N) is 2. The minimum atomic E-state index is -3.99. The molecule has 0 bridgehead atoms. The third-order valence-corrected chi connectivity index (χ3v) is 10.8. The molecule has 0 unspecified atom stereocenters. The number of carbonyl (C=O) groups excluding carboxylic acids is 2. The van der Waals surface area contributed by atoms with E-state index in [0.717, 1.165) is 38.5 Å². The maximum absolute atomic E-state index is 14.4. The number of ether oxygens (including phenoxy) is 3. The molecule has 1 saturated carbocycles. The van der Waals surface area contributed by atoms with E-state index in [0.29, 0.717) is 31.1 Å². The first-order chi connectivity index (χ1) is 23.4. The number of hydrogen-bond donors (Lipinski definition) is 3. The molecule has 0 saturated heterocycles. The van der Waals surface area contributed by atoms with Crippen molar-refractivity contribution in [3.8, 4) is 11.5 Å². The van der Waals surface area contributed by atoms with Crippen LogP contribution in [0.5, 0.6) is 11.5 Å². The molecule has 2 aromatic rings. The zero-order valence-corrected chi connectivity index (χ0v) is 30.3. The number of sulfonamides is 1. The van der Waals surface area contributed by atoms with Crippen molar-refractivity contribution in [1.82, 2.24) is 15.1 Å². The van der Waals surface area contributed by atoms with Crippen molar-refractivity contribution in [1.29, 1.82) is 0 Å². The molecule has 4 rings (SSSR count). The van der Waals surface area contributed by atoms with E-state index in [2.05, 4.69) is 10.0 Å². The molecule has 3 amide bonds. The number of aliphatic hydroxyl groups is 1. The van der Waals surface area contributed by atoms with Crippen LogP contribution in [0.25, 0.3) is 0 Å². The largest absolute Gasteiger partial charge is 0.497 e. The Morgan fingerprint density at radius 2 is 1.76 bits per heavy atom. The van der Waals surface area contributed by atoms with E-state index in [1.54, 1.807) is 48.0 Å². The highest BCUT2D eigenvalue weighted by molar-refractivity contribution is 7.92. The zero-order valence-electron chi connectivity index (χ0n) is 29.5. The van der Waals surface area contributed by atoms with Gasteiger partial charge in [-0.3, -0.25) is 9.52 Å². The number of carbonyl (C=O) groups is 2. The van der Waals surface area contributed by atoms with Crippen LogP contribution in [0.4, 0.5) is 10.5 Å². The van der Waals surface area contributed by atoms with Crippen molar-refractivity contribution in [3.63, 3.8) is 0 Å². The van der Waals surface area contributed by atoms with Gasteiger partial charge in [0.1, 0.15) is 11.5 Å². The van der Waals surface area contributed by atoms with Crippen molar-refractivity contribution in [2.45, 2.75) is 101 Å². The van der Waals surface area contributed by atoms with Gasteiger partial charge in [-0.25, -0.2) is 13.2 Å². The first kappa shape index (κ1) is 38.3. The molecular weight excluding hydrogens is 648 g/mol. The van der Waals surface area contributed by atoms with Crippen molar-refractivity contribution in [2.24, 2.45) is 5.92 Å². The fourth-order valence-electron chi connectivity index (χ4n) is 6.30. The maximum Gasteiger partial charge on any atom is 0.317 e. The van der Waals surface area contributed by atoms with Gasteiger partial charge >= 0.3 is 6.03 Å². The summed E-state index contributed by atoms with van der Waals surface area (Å²) in [4.78, 5) is 30.8. The van der Waals surface area contributed by atoms with Gasteiger partial charge in [0.25, 0.3) is 15.9 Å². The maximum atomic E-state index is 14.4. The molecule has 2 aromatic carbocycles. The predicted molar refractivity (Wildman–Crippen MR) is 189 cm³/mol. The third-order valence-electron chi connectivity index (χ3n) is 9.41. The fraction of sp³-hybridized carbons (Fsp3) is 0.611. The number of aliphatic hydroxyl groups excluding tert-OH is 1. The second-order valence-corrected chi connectivity index (χ2v) is 15.1. The van der Waals surface area contributed by atoms with E-state index in [1.807, 2.05) is 13.8 Å². The molecule has 2 aliphatic rings. The zero-order chi connectivity index (χ0) is 35.6. The molecule has 0 radical (unpaired) electrons. The van der Waals surface area contributed by atoms with Gasteiger partial charge in [-0.05, 0) is 88.4 Å². The molecule has 1 aliphatic heterocycles. The summed E-state index contributed by atoms with van der Waals surface area (Å²) in [6.45, 7) is 6.43. The van der Waals surface area contributed by atoms with Crippen LogP contribution in [-0.2, 0) is 14.8 Å². The van der Waals surface area contributed by atoms with Gasteiger partial charge in [-0.2, -0.15) is 0 Å². The fourth-order valence-corrected chi connectivity index (χ4v) is 7.35. The van der Waals surface area contributed by atoms with Gasteiger partial charge < -0.3 is 34.4 Å². The minimum absolute atomic E-state index is 0.0392. The van der Waals surface area contributed by atoms with Crippen molar-refractivity contribution in [3.05, 3.63) is 48.0 Å². The van der Waals surface area contributed by atoms with Crippen LogP contribution in [0.15, 0.2) is 47.4 Å². The number of nitrogens with one attached hydrogen (secondary N) is 2. The second-order valence-electron chi connectivity index (χ2n) is 13.5. The van der Waals surface area contributed by atoms with E-state index >= 15 is 0 Å². The summed E-state index contributed by atoms with van der Waals surface area (Å²) in [5.41, 5.74) is 0.365. The van der Waals surface area contributed by atoms with Crippen LogP contribution in [0.3, 0.4) is 0 Å². The molecule has 0 spiro atoms. The van der Waals surface area contributed by atoms with Gasteiger partial charge in [-0.15, -0.1) is 0 Å². The average Bonchev–Trinajstić information content (AvgIpc) is 3.09. The van der Waals surface area contributed by atoms with E-state index in [-0.39, 0.29) is 59.5 Å². The number of rotatable bonds is 9. The Bertz CT molecular complexity index is 1480. The SMILES string of the molecule is COc1ccc(S(=O)(=O)Nc2ccc3c(c2)C(=O)N([C@H](C)CO)C[C@@H](C)[C@H](CN(C)C(=O)NC2CCCCC2)OCCCC[C@@H](C)O3)cc1. The lowest BCUT2D eigenvalue weighted by Crippen LogP contribution is -2.50. The number of benzene rings is 2. The molecule has 49 heavy (non-hydrogen) atoms. The first-order valence-corrected chi connectivity index (χ1v) is 18.9. The van der Waals surface area contributed by atoms with Crippen molar-refractivity contribution < 1.29 is 37.3 Å². The van der Waals surface area contributed by atoms with Crippen LogP contribution >= 0.6 is 0 Å². The number of amides is 3. The molecule has 1 aliphatic carbocycles. The Balaban J connectivity index is 1.61. The van der Waals surface area contributed by atoms with Gasteiger partial charge in [0.05, 0.1) is 42.4 Å². The summed E-state index contributed by atoms with van der Waals surface area (Å²) < 4.78 is 46.9. The Kier molecular flexibility index (Phi) is 14.0. The molecule has 0 aromatic heterocycles. The molecule has 12 nitrogen and oxygen atoms in total. The Morgan fingerprint density at radius 3 is 2.43 bits per heavy atom. The van der Waals surface area contributed by atoms with E-state index in [1.165, 1.54) is 31.7 Å². The molecule has 1 heterocycles. The summed E-state index contributed by atoms with van der Waals surface area (Å²) in [7, 11) is -0.718. The van der Waals surface area contributed by atoms with Crippen LogP contribution in [0, 0.1) is 5.92 Å². The smallest absolute Gasteiger partial charge is 0.317 e. The monoisotopic (exact) mass is 702 g/mol. The summed E-state index contributed by atoms with van der Waals surface area (Å²) >= 11 is 0. The number of anilines is 1. The number of likely N-dealkylation sites (N-methyl/N-ethyl adjacent to an activating group) is 1. The lowest BCUT2D eigenvalue weighted by atomic mass is 9.96. The number of methoxy groups -OCH3 is 1. The first-order valence-electron chi connectivity index (χ1n) is 17.4. The van der Waals surface area contributed by atoms with Crippen LogP contribution in [0.1, 0.15) is 82.5 Å². The van der Waals surface area contributed by atoms with Crippen molar-refractivity contribution in [2.75, 3.05) is 45.2 Å². The quantitative estimate of drug-likeness (QED) is 0.321. The molecule has 1 fully saturated rings. The highest BCUT2D eigenvalue weighted by atomic mass is 32.2. The highest BCUT2D eigenvalue weighted by Gasteiger charge is 2.31. The Morgan fingerprint density at radius 1 is 1.06 bits per heavy atom. The van der Waals surface area contributed by atoms with Gasteiger partial charge in [-0.1, -0.05) is 26.2 Å². The summed E-state index contributed by atoms with van der Waals surface area (Å²) in [6, 6.07) is 10.1. The van der Waals surface area contributed by atoms with Gasteiger partial charge in [0, 0.05) is 44.4 Å². The van der Waals surface area contributed by atoms with E-state index in [4.69, 9.17) is 14.2 Å². The summed E-state index contributed by atoms with van der Waals surface area (Å²) in [5.74, 6) is 0.222. The van der Waals surface area contributed by atoms with Crippen LogP contribution in [-0.4, -0.2) is 100 Å². The Labute approximate surface area is 291 Å². The predicted octanol–water partition coefficient (Wildman–Crippen LogP) is 5.27. The van der Waals surface area contributed by atoms with Crippen molar-refractivity contribution >= 4 is 27.6 Å². The Hall–Kier alpha value is -3.55. The summed E-state index contributed by atoms with van der Waals surface area (Å²) in [5, 5.41) is 13.4. The standard InChI is InChI=1S/C36H54N4O8S/c1-25-22-40(26(2)24-41)35(42)32-21-29(38-49(44,45)31-17-15-30(46-5)16-18-31)14-19-33(32)48-27(3)11-9-10-20-47-34(25)23-39(4)36(43)37-28-12-7-6-8-13-28/h14-19,21,25-28,34,38,41H,6-13,20,22-24H2,1-5H3,(H,37,43)/t25-,26-,27-,34+/m1/s1. The average molecular weight is 703 g/mol. The van der Waals surface area contributed by atoms with Gasteiger partial charge in [0.2, 0.25) is 0 Å². The second kappa shape index (κ2) is 17.9. The lowest BCUT2D eigenvalue weighted by molar-refractivity contribution is -0.0123. The molecule has 3 N–H and O–H groups in total. The van der Waals surface area contributed by atoms with E-state index < -0.39 is 22.0 Å². The molecule has 13 heteroatoms. The topological polar surface area (TPSA) is 147 Å². The van der Waals surface area contributed by atoms with Gasteiger partial charge in [0.15, 0.2) is 0 Å². The van der Waals surface area contributed by atoms with Crippen LogP contribution < -0.4 is 19.5 Å². The number of urea groups is 1. The minimum Gasteiger partial charge on any atom is -0.497 e. The van der Waals surface area contributed by atoms with Crippen LogP contribution in [0.2, 0.25) is 0 Å². The summed E-state index contributed by atoms with van der Waals surface area (Å²) in [6.07, 6.45) is 7.14. The highest BCUT2D eigenvalue weighted by Crippen LogP contribution is 2.30. The molecular formula is C36H54N4O8S. The number of fused-ring (bicyclic) bond motifs is 1. The lowest BCUT2D eigenvalue weighted by Gasteiger charge is -2.36.